The van der Waals surface area contributed by atoms with Gasteiger partial charge in [0.1, 0.15) is 5.82 Å². The van der Waals surface area contributed by atoms with E-state index in [4.69, 9.17) is 0 Å². The summed E-state index contributed by atoms with van der Waals surface area (Å²) in [6, 6.07) is 10.5. The largest absolute Gasteiger partial charge is 0.387 e. The third kappa shape index (κ3) is 4.84. The Hall–Kier alpha value is -1.89. The monoisotopic (exact) mass is 364 g/mol. The van der Waals surface area contributed by atoms with E-state index in [0.717, 1.165) is 24.6 Å². The summed E-state index contributed by atoms with van der Waals surface area (Å²) in [5, 5.41) is 14.0. The number of hydrogen-bond acceptors (Lipinski definition) is 3. The fraction of sp³-hybridized carbons (Fsp3) is 0.400. The van der Waals surface area contributed by atoms with Gasteiger partial charge in [0.25, 0.3) is 0 Å². The number of benzene rings is 2. The summed E-state index contributed by atoms with van der Waals surface area (Å²) < 4.78 is 40.4. The van der Waals surface area contributed by atoms with Crippen LogP contribution < -0.4 is 5.32 Å². The third-order valence-electron chi connectivity index (χ3n) is 4.73. The van der Waals surface area contributed by atoms with E-state index in [1.807, 2.05) is 11.0 Å². The normalized spacial score (nSPS) is 21.1. The maximum Gasteiger partial charge on any atom is 0.163 e. The molecule has 0 amide bonds. The predicted octanol–water partition coefficient (Wildman–Crippen LogP) is 3.22. The van der Waals surface area contributed by atoms with Crippen LogP contribution in [0, 0.1) is 17.5 Å². The Balaban J connectivity index is 1.55. The zero-order valence-corrected chi connectivity index (χ0v) is 14.5. The minimum atomic E-state index is -0.949. The molecule has 2 aromatic carbocycles. The lowest BCUT2D eigenvalue weighted by Gasteiger charge is -2.39. The Bertz CT molecular complexity index is 756. The Labute approximate surface area is 151 Å². The van der Waals surface area contributed by atoms with Gasteiger partial charge in [-0.2, -0.15) is 0 Å². The zero-order valence-electron chi connectivity index (χ0n) is 14.5. The van der Waals surface area contributed by atoms with Crippen molar-refractivity contribution in [2.45, 2.75) is 31.5 Å². The highest BCUT2D eigenvalue weighted by molar-refractivity contribution is 5.19. The minimum absolute atomic E-state index is 0.260. The Morgan fingerprint density at radius 1 is 1.12 bits per heavy atom. The average molecular weight is 364 g/mol. The second-order valence-corrected chi connectivity index (χ2v) is 6.98. The van der Waals surface area contributed by atoms with E-state index in [1.165, 1.54) is 18.2 Å². The van der Waals surface area contributed by atoms with Gasteiger partial charge >= 0.3 is 0 Å². The maximum absolute atomic E-state index is 13.9. The van der Waals surface area contributed by atoms with Crippen molar-refractivity contribution in [2.24, 2.45) is 0 Å². The zero-order chi connectivity index (χ0) is 18.6. The first-order valence-electron chi connectivity index (χ1n) is 8.78. The highest BCUT2D eigenvalue weighted by Gasteiger charge is 2.33. The summed E-state index contributed by atoms with van der Waals surface area (Å²) in [6.45, 7) is 2.17. The smallest absolute Gasteiger partial charge is 0.163 e. The minimum Gasteiger partial charge on any atom is -0.387 e. The van der Waals surface area contributed by atoms with Crippen molar-refractivity contribution in [2.75, 3.05) is 19.6 Å². The van der Waals surface area contributed by atoms with Gasteiger partial charge in [0, 0.05) is 31.7 Å². The predicted molar refractivity (Wildman–Crippen MR) is 93.9 cm³/mol. The van der Waals surface area contributed by atoms with Crippen LogP contribution in [-0.2, 0) is 13.1 Å². The van der Waals surface area contributed by atoms with Crippen LogP contribution in [0.25, 0.3) is 0 Å². The van der Waals surface area contributed by atoms with E-state index in [0.29, 0.717) is 31.6 Å². The van der Waals surface area contributed by atoms with Gasteiger partial charge in [-0.1, -0.05) is 24.3 Å². The van der Waals surface area contributed by atoms with Crippen LogP contribution in [0.4, 0.5) is 13.2 Å². The molecular formula is C20H23F3N2O. The molecule has 6 heteroatoms. The number of hydrogen-bond donors (Lipinski definition) is 2. The first kappa shape index (κ1) is 18.9. The standard InChI is InChI=1S/C20H23F3N2O/c21-17-6-1-4-15(10-17)11-24-13-20(26)8-3-9-25(14-20)12-16-5-2-7-18(22)19(16)23/h1-2,4-7,10,24,26H,3,8-9,11-14H2/t20-/m0/s1. The van der Waals surface area contributed by atoms with Gasteiger partial charge < -0.3 is 10.4 Å². The van der Waals surface area contributed by atoms with Gasteiger partial charge in [0.15, 0.2) is 11.6 Å². The fourth-order valence-electron chi connectivity index (χ4n) is 3.48. The second kappa shape index (κ2) is 8.20. The van der Waals surface area contributed by atoms with E-state index in [1.54, 1.807) is 12.1 Å². The molecule has 3 nitrogen and oxygen atoms in total. The molecule has 26 heavy (non-hydrogen) atoms. The Morgan fingerprint density at radius 2 is 1.92 bits per heavy atom. The molecule has 1 atom stereocenters. The SMILES string of the molecule is O[C@]1(CNCc2cccc(F)c2)CCCN(Cc2cccc(F)c2F)C1. The molecule has 140 valence electrons. The molecule has 0 radical (unpaired) electrons. The van der Waals surface area contributed by atoms with Crippen molar-refractivity contribution < 1.29 is 18.3 Å². The van der Waals surface area contributed by atoms with Crippen molar-refractivity contribution in [1.29, 1.82) is 0 Å². The number of halogens is 3. The first-order valence-corrected chi connectivity index (χ1v) is 8.78. The maximum atomic E-state index is 13.9. The molecule has 1 aliphatic heterocycles. The van der Waals surface area contributed by atoms with Crippen LogP contribution in [0.2, 0.25) is 0 Å². The fourth-order valence-corrected chi connectivity index (χ4v) is 3.48. The lowest BCUT2D eigenvalue weighted by Crippen LogP contribution is -2.53. The van der Waals surface area contributed by atoms with Crippen molar-refractivity contribution >= 4 is 0 Å². The van der Waals surface area contributed by atoms with Crippen LogP contribution in [0.5, 0.6) is 0 Å². The summed E-state index contributed by atoms with van der Waals surface area (Å²) in [5.74, 6) is -1.97. The van der Waals surface area contributed by atoms with Crippen LogP contribution in [-0.4, -0.2) is 35.2 Å². The van der Waals surface area contributed by atoms with Crippen LogP contribution in [0.3, 0.4) is 0 Å². The van der Waals surface area contributed by atoms with Crippen molar-refractivity contribution in [3.8, 4) is 0 Å². The molecule has 1 aliphatic rings. The first-order chi connectivity index (χ1) is 12.5. The molecule has 2 N–H and O–H groups in total. The third-order valence-corrected chi connectivity index (χ3v) is 4.73. The molecule has 3 rings (SSSR count). The van der Waals surface area contributed by atoms with Gasteiger partial charge in [-0.25, -0.2) is 13.2 Å². The highest BCUT2D eigenvalue weighted by Crippen LogP contribution is 2.23. The van der Waals surface area contributed by atoms with Crippen LogP contribution in [0.1, 0.15) is 24.0 Å². The van der Waals surface area contributed by atoms with E-state index >= 15 is 0 Å². The Morgan fingerprint density at radius 3 is 2.73 bits per heavy atom. The molecule has 1 heterocycles. The molecule has 0 bridgehead atoms. The van der Waals surface area contributed by atoms with E-state index < -0.39 is 17.2 Å². The van der Waals surface area contributed by atoms with E-state index in [2.05, 4.69) is 5.32 Å². The van der Waals surface area contributed by atoms with Gasteiger partial charge in [0.05, 0.1) is 5.60 Å². The average Bonchev–Trinajstić information content (AvgIpc) is 2.59. The number of likely N-dealkylation sites (tertiary alicyclic amines) is 1. The summed E-state index contributed by atoms with van der Waals surface area (Å²) in [6.07, 6.45) is 1.40. The molecule has 1 fully saturated rings. The quantitative estimate of drug-likeness (QED) is 0.826. The topological polar surface area (TPSA) is 35.5 Å². The summed E-state index contributed by atoms with van der Waals surface area (Å²) >= 11 is 0. The number of piperidine rings is 1. The number of β-amino-alcohol motifs (C(OH)–C–C–N with tert-alkyl or cyclic N) is 1. The summed E-state index contributed by atoms with van der Waals surface area (Å²) in [7, 11) is 0. The van der Waals surface area contributed by atoms with Gasteiger partial charge in [-0.3, -0.25) is 4.90 Å². The van der Waals surface area contributed by atoms with Crippen LogP contribution >= 0.6 is 0 Å². The molecule has 2 aromatic rings. The van der Waals surface area contributed by atoms with Gasteiger partial charge in [-0.15, -0.1) is 0 Å². The van der Waals surface area contributed by atoms with E-state index in [-0.39, 0.29) is 12.4 Å². The lowest BCUT2D eigenvalue weighted by atomic mass is 9.92. The number of nitrogens with one attached hydrogen (secondary N) is 1. The van der Waals surface area contributed by atoms with Gasteiger partial charge in [-0.05, 0) is 43.1 Å². The summed E-state index contributed by atoms with van der Waals surface area (Å²) in [4.78, 5) is 1.94. The molecular weight excluding hydrogens is 341 g/mol. The molecule has 0 aromatic heterocycles. The molecule has 1 saturated heterocycles. The summed E-state index contributed by atoms with van der Waals surface area (Å²) in [5.41, 5.74) is 0.153. The van der Waals surface area contributed by atoms with Crippen LogP contribution in [0.15, 0.2) is 42.5 Å². The second-order valence-electron chi connectivity index (χ2n) is 6.98. The van der Waals surface area contributed by atoms with Crippen molar-refractivity contribution in [3.63, 3.8) is 0 Å². The number of nitrogens with zero attached hydrogens (tertiary/aromatic N) is 1. The molecule has 0 aliphatic carbocycles. The number of rotatable bonds is 6. The van der Waals surface area contributed by atoms with Crippen molar-refractivity contribution in [1.82, 2.24) is 10.2 Å². The Kier molecular flexibility index (Phi) is 5.96. The lowest BCUT2D eigenvalue weighted by molar-refractivity contribution is -0.0323. The highest BCUT2D eigenvalue weighted by atomic mass is 19.2. The molecule has 0 unspecified atom stereocenters. The van der Waals surface area contributed by atoms with E-state index in [9.17, 15) is 18.3 Å². The molecule has 0 saturated carbocycles. The molecule has 0 spiro atoms. The van der Waals surface area contributed by atoms with Gasteiger partial charge in [0.2, 0.25) is 0 Å². The number of aliphatic hydroxyl groups is 1. The van der Waals surface area contributed by atoms with Crippen molar-refractivity contribution in [3.05, 3.63) is 71.0 Å².